The number of hydrogen-bond acceptors (Lipinski definition) is 2. The summed E-state index contributed by atoms with van der Waals surface area (Å²) in [5, 5.41) is 2.79. The fraction of sp³-hybridized carbons (Fsp3) is 0.364. The Balaban J connectivity index is 2.71. The van der Waals surface area contributed by atoms with Crippen LogP contribution in [0.3, 0.4) is 0 Å². The van der Waals surface area contributed by atoms with E-state index in [0.29, 0.717) is 6.42 Å². The van der Waals surface area contributed by atoms with Gasteiger partial charge < -0.3 is 11.1 Å². The van der Waals surface area contributed by atoms with Gasteiger partial charge in [0.1, 0.15) is 0 Å². The summed E-state index contributed by atoms with van der Waals surface area (Å²) in [6.45, 7) is 3.63. The van der Waals surface area contributed by atoms with Crippen molar-refractivity contribution in [2.24, 2.45) is 5.73 Å². The summed E-state index contributed by atoms with van der Waals surface area (Å²) in [5.41, 5.74) is 5.80. The molecule has 0 saturated heterocycles. The summed E-state index contributed by atoms with van der Waals surface area (Å²) in [6, 6.07) is 7.61. The van der Waals surface area contributed by atoms with Gasteiger partial charge in [-0.1, -0.05) is 6.92 Å². The minimum atomic E-state index is -0.803. The van der Waals surface area contributed by atoms with Gasteiger partial charge in [0.15, 0.2) is 0 Å². The molecule has 1 unspecified atom stereocenters. The van der Waals surface area contributed by atoms with E-state index in [1.165, 1.54) is 0 Å². The highest BCUT2D eigenvalue weighted by molar-refractivity contribution is 14.1. The van der Waals surface area contributed by atoms with Crippen LogP contribution in [0.4, 0.5) is 5.69 Å². The molecule has 0 radical (unpaired) electrons. The largest absolute Gasteiger partial charge is 0.325 e. The summed E-state index contributed by atoms with van der Waals surface area (Å²) < 4.78 is 1.14. The van der Waals surface area contributed by atoms with Gasteiger partial charge in [-0.3, -0.25) is 4.79 Å². The zero-order valence-electron chi connectivity index (χ0n) is 8.88. The van der Waals surface area contributed by atoms with E-state index in [4.69, 9.17) is 5.73 Å². The fourth-order valence-corrected chi connectivity index (χ4v) is 1.33. The predicted molar refractivity (Wildman–Crippen MR) is 70.7 cm³/mol. The van der Waals surface area contributed by atoms with Crippen molar-refractivity contribution < 1.29 is 4.79 Å². The Kier molecular flexibility index (Phi) is 4.10. The average Bonchev–Trinajstić information content (AvgIpc) is 2.21. The van der Waals surface area contributed by atoms with Crippen molar-refractivity contribution in [3.05, 3.63) is 27.8 Å². The van der Waals surface area contributed by atoms with Crippen LogP contribution in [0.1, 0.15) is 20.3 Å². The number of nitrogens with two attached hydrogens (primary N) is 1. The van der Waals surface area contributed by atoms with Gasteiger partial charge >= 0.3 is 0 Å². The van der Waals surface area contributed by atoms with Gasteiger partial charge in [0.2, 0.25) is 5.91 Å². The maximum Gasteiger partial charge on any atom is 0.244 e. The smallest absolute Gasteiger partial charge is 0.244 e. The second-order valence-corrected chi connectivity index (χ2v) is 4.98. The molecule has 1 aromatic carbocycles. The number of halogens is 1. The Morgan fingerprint density at radius 2 is 2.00 bits per heavy atom. The first-order valence-electron chi connectivity index (χ1n) is 4.81. The van der Waals surface area contributed by atoms with Crippen LogP contribution in [0.15, 0.2) is 24.3 Å². The van der Waals surface area contributed by atoms with Crippen LogP contribution in [0.2, 0.25) is 0 Å². The third-order valence-corrected chi connectivity index (χ3v) is 3.07. The van der Waals surface area contributed by atoms with Crippen LogP contribution in [0, 0.1) is 3.57 Å². The Bertz CT molecular complexity index is 346. The highest BCUT2D eigenvalue weighted by Crippen LogP contribution is 2.14. The van der Waals surface area contributed by atoms with Crippen molar-refractivity contribution in [2.45, 2.75) is 25.8 Å². The molecule has 1 amide bonds. The Morgan fingerprint density at radius 1 is 1.47 bits per heavy atom. The average molecular weight is 318 g/mol. The Hall–Kier alpha value is -0.620. The van der Waals surface area contributed by atoms with Crippen LogP contribution < -0.4 is 11.1 Å². The maximum atomic E-state index is 11.7. The van der Waals surface area contributed by atoms with Gasteiger partial charge in [-0.25, -0.2) is 0 Å². The monoisotopic (exact) mass is 318 g/mol. The molecule has 82 valence electrons. The minimum absolute atomic E-state index is 0.147. The quantitative estimate of drug-likeness (QED) is 0.841. The first-order chi connectivity index (χ1) is 6.95. The van der Waals surface area contributed by atoms with Crippen molar-refractivity contribution in [1.82, 2.24) is 0 Å². The number of anilines is 1. The summed E-state index contributed by atoms with van der Waals surface area (Å²) in [7, 11) is 0. The zero-order chi connectivity index (χ0) is 11.5. The van der Waals surface area contributed by atoms with E-state index in [0.717, 1.165) is 9.26 Å². The number of amides is 1. The minimum Gasteiger partial charge on any atom is -0.325 e. The number of hydrogen-bond donors (Lipinski definition) is 2. The van der Waals surface area contributed by atoms with Gasteiger partial charge in [-0.05, 0) is 60.2 Å². The van der Waals surface area contributed by atoms with Gasteiger partial charge in [0.25, 0.3) is 0 Å². The van der Waals surface area contributed by atoms with E-state index in [2.05, 4.69) is 27.9 Å². The van der Waals surface area contributed by atoms with Gasteiger partial charge in [0, 0.05) is 9.26 Å². The van der Waals surface area contributed by atoms with Gasteiger partial charge in [-0.15, -0.1) is 0 Å². The maximum absolute atomic E-state index is 11.7. The van der Waals surface area contributed by atoms with E-state index in [1.807, 2.05) is 31.2 Å². The van der Waals surface area contributed by atoms with Crippen LogP contribution in [0.25, 0.3) is 0 Å². The highest BCUT2D eigenvalue weighted by Gasteiger charge is 2.25. The standard InChI is InChI=1S/C11H15IN2O/c1-3-11(2,13)10(15)14-9-6-4-8(12)5-7-9/h4-7H,3,13H2,1-2H3,(H,14,15). The number of carbonyl (C=O) groups excluding carboxylic acids is 1. The van der Waals surface area contributed by atoms with E-state index < -0.39 is 5.54 Å². The summed E-state index contributed by atoms with van der Waals surface area (Å²) in [6.07, 6.45) is 0.614. The van der Waals surface area contributed by atoms with E-state index in [-0.39, 0.29) is 5.91 Å². The number of carbonyl (C=O) groups is 1. The molecular weight excluding hydrogens is 303 g/mol. The van der Waals surface area contributed by atoms with Crippen molar-refractivity contribution in [2.75, 3.05) is 5.32 Å². The van der Waals surface area contributed by atoms with Crippen molar-refractivity contribution in [3.63, 3.8) is 0 Å². The third kappa shape index (κ3) is 3.46. The lowest BCUT2D eigenvalue weighted by molar-refractivity contribution is -0.120. The summed E-state index contributed by atoms with van der Waals surface area (Å²) >= 11 is 2.22. The van der Waals surface area contributed by atoms with Crippen molar-refractivity contribution in [3.8, 4) is 0 Å². The molecule has 0 fully saturated rings. The van der Waals surface area contributed by atoms with Crippen LogP contribution in [-0.4, -0.2) is 11.4 Å². The van der Waals surface area contributed by atoms with Gasteiger partial charge in [0.05, 0.1) is 5.54 Å². The Labute approximate surface area is 104 Å². The molecule has 1 atom stereocenters. The molecule has 1 aromatic rings. The molecule has 0 aliphatic heterocycles. The van der Waals surface area contributed by atoms with E-state index in [1.54, 1.807) is 6.92 Å². The topological polar surface area (TPSA) is 55.1 Å². The van der Waals surface area contributed by atoms with Crippen LogP contribution in [0.5, 0.6) is 0 Å². The summed E-state index contributed by atoms with van der Waals surface area (Å²) in [4.78, 5) is 11.7. The predicted octanol–water partition coefficient (Wildman–Crippen LogP) is 2.36. The first-order valence-corrected chi connectivity index (χ1v) is 5.89. The molecule has 3 N–H and O–H groups in total. The van der Waals surface area contributed by atoms with Crippen molar-refractivity contribution >= 4 is 34.2 Å². The zero-order valence-corrected chi connectivity index (χ0v) is 11.0. The molecule has 0 saturated carbocycles. The molecule has 3 nitrogen and oxygen atoms in total. The molecule has 0 spiro atoms. The number of benzene rings is 1. The third-order valence-electron chi connectivity index (χ3n) is 2.36. The molecule has 0 aliphatic rings. The number of nitrogens with one attached hydrogen (secondary N) is 1. The Morgan fingerprint density at radius 3 is 2.47 bits per heavy atom. The first kappa shape index (κ1) is 12.4. The number of rotatable bonds is 3. The molecule has 0 bridgehead atoms. The second kappa shape index (κ2) is 4.94. The summed E-state index contributed by atoms with van der Waals surface area (Å²) in [5.74, 6) is -0.147. The molecule has 0 aromatic heterocycles. The molecular formula is C11H15IN2O. The van der Waals surface area contributed by atoms with Crippen molar-refractivity contribution in [1.29, 1.82) is 0 Å². The van der Waals surface area contributed by atoms with Crippen LogP contribution >= 0.6 is 22.6 Å². The normalized spacial score (nSPS) is 14.4. The van der Waals surface area contributed by atoms with Crippen LogP contribution in [-0.2, 0) is 4.79 Å². The van der Waals surface area contributed by atoms with E-state index in [9.17, 15) is 4.79 Å². The van der Waals surface area contributed by atoms with Gasteiger partial charge in [-0.2, -0.15) is 0 Å². The SMILES string of the molecule is CCC(C)(N)C(=O)Nc1ccc(I)cc1. The molecule has 4 heteroatoms. The lowest BCUT2D eigenvalue weighted by Crippen LogP contribution is -2.47. The van der Waals surface area contributed by atoms with E-state index >= 15 is 0 Å². The molecule has 1 rings (SSSR count). The molecule has 0 heterocycles. The fourth-order valence-electron chi connectivity index (χ4n) is 0.968. The second-order valence-electron chi connectivity index (χ2n) is 3.73. The molecule has 0 aliphatic carbocycles. The highest BCUT2D eigenvalue weighted by atomic mass is 127. The lowest BCUT2D eigenvalue weighted by atomic mass is 9.99. The lowest BCUT2D eigenvalue weighted by Gasteiger charge is -2.21. The molecule has 15 heavy (non-hydrogen) atoms.